The topological polar surface area (TPSA) is 58.5 Å². The van der Waals surface area contributed by atoms with Crippen LogP contribution >= 0.6 is 0 Å². The molecule has 0 radical (unpaired) electrons. The third-order valence-electron chi connectivity index (χ3n) is 2.71. The molecule has 0 aliphatic rings. The van der Waals surface area contributed by atoms with Crippen molar-refractivity contribution in [1.29, 1.82) is 0 Å². The molecular formula is C12H19N5. The van der Waals surface area contributed by atoms with Crippen molar-refractivity contribution in [3.8, 4) is 0 Å². The zero-order chi connectivity index (χ0) is 12.1. The molecule has 0 fully saturated rings. The Morgan fingerprint density at radius 3 is 2.94 bits per heavy atom. The summed E-state index contributed by atoms with van der Waals surface area (Å²) in [6.45, 7) is 6.15. The Hall–Kier alpha value is -1.62. The average Bonchev–Trinajstić information content (AvgIpc) is 2.97. The van der Waals surface area contributed by atoms with Gasteiger partial charge in [-0.2, -0.15) is 5.10 Å². The summed E-state index contributed by atoms with van der Waals surface area (Å²) in [4.78, 5) is 4.46. The molecule has 0 saturated heterocycles. The van der Waals surface area contributed by atoms with Crippen molar-refractivity contribution < 1.29 is 0 Å². The molecular weight excluding hydrogens is 214 g/mol. The van der Waals surface area contributed by atoms with Crippen LogP contribution in [0, 0.1) is 0 Å². The van der Waals surface area contributed by atoms with E-state index in [0.717, 1.165) is 31.0 Å². The lowest BCUT2D eigenvalue weighted by molar-refractivity contribution is 0.534. The smallest absolute Gasteiger partial charge is 0.132 e. The van der Waals surface area contributed by atoms with Crippen molar-refractivity contribution >= 4 is 0 Å². The molecule has 2 aromatic rings. The number of aromatic amines is 1. The van der Waals surface area contributed by atoms with Crippen LogP contribution < -0.4 is 5.32 Å². The van der Waals surface area contributed by atoms with Crippen molar-refractivity contribution in [1.82, 2.24) is 25.1 Å². The first kappa shape index (κ1) is 11.9. The summed E-state index contributed by atoms with van der Waals surface area (Å²) in [6, 6.07) is 2.07. The van der Waals surface area contributed by atoms with Crippen molar-refractivity contribution in [3.63, 3.8) is 0 Å². The lowest BCUT2D eigenvalue weighted by Crippen LogP contribution is -2.25. The summed E-state index contributed by atoms with van der Waals surface area (Å²) in [7, 11) is 0. The van der Waals surface area contributed by atoms with Crippen LogP contribution in [-0.2, 0) is 6.54 Å². The second kappa shape index (κ2) is 5.63. The molecule has 92 valence electrons. The SMILES string of the molecule is CCCn1ccnc1C(NCC)c1ccn[nH]1. The van der Waals surface area contributed by atoms with Gasteiger partial charge in [0.05, 0.1) is 5.69 Å². The van der Waals surface area contributed by atoms with Gasteiger partial charge in [0.1, 0.15) is 11.9 Å². The number of rotatable bonds is 6. The summed E-state index contributed by atoms with van der Waals surface area (Å²) in [5.74, 6) is 1.04. The molecule has 5 nitrogen and oxygen atoms in total. The van der Waals surface area contributed by atoms with E-state index in [9.17, 15) is 0 Å². The molecule has 0 saturated carbocycles. The van der Waals surface area contributed by atoms with Crippen molar-refractivity contribution in [3.05, 3.63) is 36.2 Å². The second-order valence-corrected chi connectivity index (χ2v) is 3.98. The molecule has 0 spiro atoms. The molecule has 0 amide bonds. The van der Waals surface area contributed by atoms with Gasteiger partial charge >= 0.3 is 0 Å². The van der Waals surface area contributed by atoms with Crippen LogP contribution in [0.4, 0.5) is 0 Å². The third kappa shape index (κ3) is 2.55. The van der Waals surface area contributed by atoms with E-state index in [-0.39, 0.29) is 6.04 Å². The Morgan fingerprint density at radius 1 is 1.41 bits per heavy atom. The third-order valence-corrected chi connectivity index (χ3v) is 2.71. The Balaban J connectivity index is 2.29. The molecule has 1 atom stereocenters. The van der Waals surface area contributed by atoms with Crippen LogP contribution in [-0.4, -0.2) is 26.3 Å². The van der Waals surface area contributed by atoms with Gasteiger partial charge in [-0.1, -0.05) is 13.8 Å². The monoisotopic (exact) mass is 233 g/mol. The minimum Gasteiger partial charge on any atom is -0.333 e. The largest absolute Gasteiger partial charge is 0.333 e. The first-order valence-corrected chi connectivity index (χ1v) is 6.10. The van der Waals surface area contributed by atoms with E-state index >= 15 is 0 Å². The number of hydrogen-bond donors (Lipinski definition) is 2. The Kier molecular flexibility index (Phi) is 3.93. The lowest BCUT2D eigenvalue weighted by Gasteiger charge is -2.17. The minimum atomic E-state index is 0.0871. The van der Waals surface area contributed by atoms with Crippen LogP contribution in [0.25, 0.3) is 0 Å². The molecule has 2 heterocycles. The maximum absolute atomic E-state index is 4.46. The highest BCUT2D eigenvalue weighted by Crippen LogP contribution is 2.18. The predicted octanol–water partition coefficient (Wildman–Crippen LogP) is 1.72. The number of aromatic nitrogens is 4. The maximum atomic E-state index is 4.46. The summed E-state index contributed by atoms with van der Waals surface area (Å²) < 4.78 is 2.19. The van der Waals surface area contributed by atoms with Crippen LogP contribution in [0.15, 0.2) is 24.7 Å². The van der Waals surface area contributed by atoms with Crippen LogP contribution in [0.1, 0.15) is 37.8 Å². The molecule has 2 aromatic heterocycles. The quantitative estimate of drug-likeness (QED) is 0.798. The highest BCUT2D eigenvalue weighted by Gasteiger charge is 2.18. The molecule has 0 bridgehead atoms. The zero-order valence-electron chi connectivity index (χ0n) is 10.3. The van der Waals surface area contributed by atoms with Crippen LogP contribution in [0.3, 0.4) is 0 Å². The summed E-state index contributed by atoms with van der Waals surface area (Å²) >= 11 is 0. The van der Waals surface area contributed by atoms with Gasteiger partial charge in [0.2, 0.25) is 0 Å². The number of aryl methyl sites for hydroxylation is 1. The standard InChI is InChI=1S/C12H19N5/c1-3-8-17-9-7-14-12(17)11(13-4-2)10-5-6-15-16-10/h5-7,9,11,13H,3-4,8H2,1-2H3,(H,15,16). The van der Waals surface area contributed by atoms with E-state index in [1.807, 2.05) is 18.5 Å². The van der Waals surface area contributed by atoms with Crippen molar-refractivity contribution in [2.75, 3.05) is 6.54 Å². The first-order chi connectivity index (χ1) is 8.36. The van der Waals surface area contributed by atoms with Crippen molar-refractivity contribution in [2.24, 2.45) is 0 Å². The predicted molar refractivity (Wildman–Crippen MR) is 66.6 cm³/mol. The molecule has 2 rings (SSSR count). The molecule has 0 aliphatic carbocycles. The van der Waals surface area contributed by atoms with Gasteiger partial charge in [0.15, 0.2) is 0 Å². The van der Waals surface area contributed by atoms with E-state index in [2.05, 4.69) is 38.9 Å². The van der Waals surface area contributed by atoms with Gasteiger partial charge in [-0.25, -0.2) is 4.98 Å². The van der Waals surface area contributed by atoms with E-state index in [4.69, 9.17) is 0 Å². The fourth-order valence-electron chi connectivity index (χ4n) is 1.98. The van der Waals surface area contributed by atoms with Gasteiger partial charge in [0.25, 0.3) is 0 Å². The van der Waals surface area contributed by atoms with Crippen molar-refractivity contribution in [2.45, 2.75) is 32.9 Å². The number of hydrogen-bond acceptors (Lipinski definition) is 3. The maximum Gasteiger partial charge on any atom is 0.132 e. The fourth-order valence-corrected chi connectivity index (χ4v) is 1.98. The fraction of sp³-hybridized carbons (Fsp3) is 0.500. The van der Waals surface area contributed by atoms with Gasteiger partial charge in [-0.05, 0) is 19.0 Å². The van der Waals surface area contributed by atoms with E-state index in [1.165, 1.54) is 0 Å². The van der Waals surface area contributed by atoms with Gasteiger partial charge in [0, 0.05) is 25.1 Å². The Bertz CT molecular complexity index is 431. The van der Waals surface area contributed by atoms with Gasteiger partial charge in [-0.15, -0.1) is 0 Å². The molecule has 1 unspecified atom stereocenters. The Labute approximate surface area is 101 Å². The molecule has 0 aromatic carbocycles. The summed E-state index contributed by atoms with van der Waals surface area (Å²) in [5.41, 5.74) is 1.05. The molecule has 17 heavy (non-hydrogen) atoms. The highest BCUT2D eigenvalue weighted by atomic mass is 15.2. The number of imidazole rings is 1. The minimum absolute atomic E-state index is 0.0871. The molecule has 5 heteroatoms. The van der Waals surface area contributed by atoms with Crippen LogP contribution in [0.2, 0.25) is 0 Å². The van der Waals surface area contributed by atoms with Gasteiger partial charge < -0.3 is 9.88 Å². The van der Waals surface area contributed by atoms with E-state index in [0.29, 0.717) is 0 Å². The number of nitrogens with zero attached hydrogens (tertiary/aromatic N) is 3. The number of nitrogens with one attached hydrogen (secondary N) is 2. The Morgan fingerprint density at radius 2 is 2.29 bits per heavy atom. The van der Waals surface area contributed by atoms with E-state index in [1.54, 1.807) is 6.20 Å². The molecule has 0 aliphatic heterocycles. The second-order valence-electron chi connectivity index (χ2n) is 3.98. The van der Waals surface area contributed by atoms with E-state index < -0.39 is 0 Å². The summed E-state index contributed by atoms with van der Waals surface area (Å²) in [6.07, 6.45) is 6.75. The molecule has 2 N–H and O–H groups in total. The van der Waals surface area contributed by atoms with Gasteiger partial charge in [-0.3, -0.25) is 5.10 Å². The average molecular weight is 233 g/mol. The normalized spacial score (nSPS) is 12.8. The first-order valence-electron chi connectivity index (χ1n) is 6.10. The zero-order valence-corrected chi connectivity index (χ0v) is 10.3. The summed E-state index contributed by atoms with van der Waals surface area (Å²) in [5, 5.41) is 10.5. The lowest BCUT2D eigenvalue weighted by atomic mass is 10.2. The number of H-pyrrole nitrogens is 1. The van der Waals surface area contributed by atoms with Crippen LogP contribution in [0.5, 0.6) is 0 Å². The highest BCUT2D eigenvalue weighted by molar-refractivity contribution is 5.16.